The lowest BCUT2D eigenvalue weighted by molar-refractivity contribution is 1.42. The van der Waals surface area contributed by atoms with Gasteiger partial charge in [0.05, 0.1) is 0 Å². The summed E-state index contributed by atoms with van der Waals surface area (Å²) in [6.07, 6.45) is 0. The summed E-state index contributed by atoms with van der Waals surface area (Å²) < 4.78 is 1.16. The second-order valence-corrected chi connectivity index (χ2v) is 4.20. The number of hydrogen-bond acceptors (Lipinski definition) is 1. The average molecular weight is 250 g/mol. The van der Waals surface area contributed by atoms with E-state index in [2.05, 4.69) is 58.5 Å². The molecule has 72 valence electrons. The van der Waals surface area contributed by atoms with Crippen LogP contribution in [-0.2, 0) is 0 Å². The Morgan fingerprint density at radius 3 is 2.43 bits per heavy atom. The molecule has 0 atom stereocenters. The van der Waals surface area contributed by atoms with Gasteiger partial charge in [0.1, 0.15) is 0 Å². The van der Waals surface area contributed by atoms with Gasteiger partial charge < -0.3 is 5.32 Å². The summed E-state index contributed by atoms with van der Waals surface area (Å²) in [7, 11) is 1.96. The Morgan fingerprint density at radius 2 is 1.79 bits per heavy atom. The smallest absolute Gasteiger partial charge is 0.0447 e. The van der Waals surface area contributed by atoms with Crippen molar-refractivity contribution in [3.05, 3.63) is 40.4 Å². The molecule has 1 nitrogen and oxygen atoms in total. The molecular formula is C12H12BrN. The van der Waals surface area contributed by atoms with Gasteiger partial charge in [0.15, 0.2) is 0 Å². The first-order valence-electron chi connectivity index (χ1n) is 4.59. The number of rotatable bonds is 1. The Bertz CT molecular complexity index is 477. The third-order valence-electron chi connectivity index (χ3n) is 2.44. The minimum atomic E-state index is 1.16. The van der Waals surface area contributed by atoms with E-state index in [1.165, 1.54) is 22.0 Å². The van der Waals surface area contributed by atoms with E-state index < -0.39 is 0 Å². The van der Waals surface area contributed by atoms with Crippen molar-refractivity contribution in [3.8, 4) is 0 Å². The molecule has 0 fully saturated rings. The van der Waals surface area contributed by atoms with E-state index in [0.717, 1.165) is 4.47 Å². The van der Waals surface area contributed by atoms with Crippen LogP contribution in [0, 0.1) is 6.92 Å². The Kier molecular flexibility index (Phi) is 2.46. The molecule has 0 amide bonds. The summed E-state index contributed by atoms with van der Waals surface area (Å²) >= 11 is 3.58. The lowest BCUT2D eigenvalue weighted by atomic mass is 10.0. The Morgan fingerprint density at radius 1 is 1.14 bits per heavy atom. The summed E-state index contributed by atoms with van der Waals surface area (Å²) in [6.45, 7) is 2.11. The number of halogens is 1. The molecule has 0 aliphatic rings. The van der Waals surface area contributed by atoms with Crippen molar-refractivity contribution >= 4 is 32.4 Å². The van der Waals surface area contributed by atoms with Crippen LogP contribution >= 0.6 is 15.9 Å². The van der Waals surface area contributed by atoms with Crippen molar-refractivity contribution in [2.45, 2.75) is 6.92 Å². The molecule has 0 unspecified atom stereocenters. The van der Waals surface area contributed by atoms with Crippen LogP contribution in [-0.4, -0.2) is 7.05 Å². The molecule has 2 aromatic carbocycles. The first-order valence-corrected chi connectivity index (χ1v) is 5.39. The largest absolute Gasteiger partial charge is 0.387 e. The predicted molar refractivity (Wildman–Crippen MR) is 65.9 cm³/mol. The first-order chi connectivity index (χ1) is 6.74. The normalized spacial score (nSPS) is 10.5. The lowest BCUT2D eigenvalue weighted by Gasteiger charge is -2.11. The number of benzene rings is 2. The topological polar surface area (TPSA) is 12.0 Å². The number of nitrogens with one attached hydrogen (secondary N) is 1. The fourth-order valence-electron chi connectivity index (χ4n) is 1.79. The summed E-state index contributed by atoms with van der Waals surface area (Å²) in [5.41, 5.74) is 2.47. The van der Waals surface area contributed by atoms with Gasteiger partial charge in [-0.2, -0.15) is 0 Å². The third kappa shape index (κ3) is 1.40. The molecule has 0 saturated heterocycles. The maximum absolute atomic E-state index is 3.58. The van der Waals surface area contributed by atoms with Gasteiger partial charge in [0.2, 0.25) is 0 Å². The second-order valence-electron chi connectivity index (χ2n) is 3.35. The zero-order valence-electron chi connectivity index (χ0n) is 8.26. The van der Waals surface area contributed by atoms with E-state index >= 15 is 0 Å². The maximum atomic E-state index is 3.58. The predicted octanol–water partition coefficient (Wildman–Crippen LogP) is 3.95. The van der Waals surface area contributed by atoms with Crippen LogP contribution in [0.15, 0.2) is 34.8 Å². The van der Waals surface area contributed by atoms with Crippen LogP contribution in [0.25, 0.3) is 10.8 Å². The first kappa shape index (κ1) is 9.53. The zero-order chi connectivity index (χ0) is 10.1. The van der Waals surface area contributed by atoms with Crippen LogP contribution in [0.3, 0.4) is 0 Å². The van der Waals surface area contributed by atoms with Gasteiger partial charge in [-0.3, -0.25) is 0 Å². The summed E-state index contributed by atoms with van der Waals surface area (Å²) in [5.74, 6) is 0. The van der Waals surface area contributed by atoms with Gasteiger partial charge >= 0.3 is 0 Å². The molecule has 0 bridgehead atoms. The van der Waals surface area contributed by atoms with Crippen LogP contribution < -0.4 is 5.32 Å². The SMILES string of the molecule is CNc1c(C)cc(Br)c2ccccc12. The van der Waals surface area contributed by atoms with E-state index in [-0.39, 0.29) is 0 Å². The molecular weight excluding hydrogens is 238 g/mol. The van der Waals surface area contributed by atoms with Gasteiger partial charge in [-0.15, -0.1) is 0 Å². The third-order valence-corrected chi connectivity index (χ3v) is 3.10. The molecule has 2 rings (SSSR count). The Labute approximate surface area is 92.3 Å². The average Bonchev–Trinajstić information content (AvgIpc) is 2.18. The molecule has 0 aliphatic carbocycles. The molecule has 0 aromatic heterocycles. The second kappa shape index (κ2) is 3.62. The quantitative estimate of drug-likeness (QED) is 0.807. The summed E-state index contributed by atoms with van der Waals surface area (Å²) in [5, 5.41) is 5.76. The molecule has 2 aromatic rings. The Balaban J connectivity index is 2.90. The fourth-order valence-corrected chi connectivity index (χ4v) is 2.48. The molecule has 0 radical (unpaired) electrons. The molecule has 0 heterocycles. The highest BCUT2D eigenvalue weighted by Gasteiger charge is 2.05. The number of hydrogen-bond donors (Lipinski definition) is 1. The lowest BCUT2D eigenvalue weighted by Crippen LogP contribution is -1.93. The Hall–Kier alpha value is -1.02. The van der Waals surface area contributed by atoms with Crippen molar-refractivity contribution in [1.29, 1.82) is 0 Å². The van der Waals surface area contributed by atoms with E-state index in [9.17, 15) is 0 Å². The minimum Gasteiger partial charge on any atom is -0.387 e. The molecule has 0 spiro atoms. The van der Waals surface area contributed by atoms with Crippen LogP contribution in [0.4, 0.5) is 5.69 Å². The van der Waals surface area contributed by atoms with Crippen LogP contribution in [0.5, 0.6) is 0 Å². The maximum Gasteiger partial charge on any atom is 0.0447 e. The van der Waals surface area contributed by atoms with E-state index in [1.807, 2.05) is 7.05 Å². The van der Waals surface area contributed by atoms with Crippen molar-refractivity contribution in [2.24, 2.45) is 0 Å². The van der Waals surface area contributed by atoms with Gasteiger partial charge in [-0.25, -0.2) is 0 Å². The van der Waals surface area contributed by atoms with Crippen LogP contribution in [0.2, 0.25) is 0 Å². The molecule has 2 heteroatoms. The summed E-state index contributed by atoms with van der Waals surface area (Å²) in [4.78, 5) is 0. The number of anilines is 1. The van der Waals surface area contributed by atoms with Gasteiger partial charge in [0.25, 0.3) is 0 Å². The molecule has 0 saturated carbocycles. The van der Waals surface area contributed by atoms with Gasteiger partial charge in [-0.1, -0.05) is 40.2 Å². The fraction of sp³-hybridized carbons (Fsp3) is 0.167. The van der Waals surface area contributed by atoms with E-state index in [1.54, 1.807) is 0 Å². The minimum absolute atomic E-state index is 1.16. The van der Waals surface area contributed by atoms with Gasteiger partial charge in [0, 0.05) is 22.6 Å². The molecule has 1 N–H and O–H groups in total. The van der Waals surface area contributed by atoms with Crippen molar-refractivity contribution < 1.29 is 0 Å². The highest BCUT2D eigenvalue weighted by Crippen LogP contribution is 2.32. The van der Waals surface area contributed by atoms with Crippen molar-refractivity contribution in [1.82, 2.24) is 0 Å². The van der Waals surface area contributed by atoms with E-state index in [4.69, 9.17) is 0 Å². The zero-order valence-corrected chi connectivity index (χ0v) is 9.85. The highest BCUT2D eigenvalue weighted by atomic mass is 79.9. The molecule has 0 aliphatic heterocycles. The van der Waals surface area contributed by atoms with Crippen LogP contribution in [0.1, 0.15) is 5.56 Å². The highest BCUT2D eigenvalue weighted by molar-refractivity contribution is 9.10. The van der Waals surface area contributed by atoms with E-state index in [0.29, 0.717) is 0 Å². The number of fused-ring (bicyclic) bond motifs is 1. The van der Waals surface area contributed by atoms with Gasteiger partial charge in [-0.05, 0) is 23.9 Å². The summed E-state index contributed by atoms with van der Waals surface area (Å²) in [6, 6.07) is 10.5. The standard InChI is InChI=1S/C12H12BrN/c1-8-7-11(13)9-5-3-4-6-10(9)12(8)14-2/h3-7,14H,1-2H3. The monoisotopic (exact) mass is 249 g/mol. The number of aryl methyl sites for hydroxylation is 1. The van der Waals surface area contributed by atoms with Crippen molar-refractivity contribution in [3.63, 3.8) is 0 Å². The molecule has 14 heavy (non-hydrogen) atoms. The van der Waals surface area contributed by atoms with Crippen molar-refractivity contribution in [2.75, 3.05) is 12.4 Å².